The minimum Gasteiger partial charge on any atom is -0.351 e. The average Bonchev–Trinajstić information content (AvgIpc) is 3.06. The molecule has 0 aliphatic heterocycles. The number of aromatic amines is 1. The van der Waals surface area contributed by atoms with Gasteiger partial charge in [-0.05, 0) is 12.1 Å². The fraction of sp³-hybridized carbons (Fsp3) is 0.0769. The van der Waals surface area contributed by atoms with E-state index >= 15 is 0 Å². The summed E-state index contributed by atoms with van der Waals surface area (Å²) < 4.78 is 56.7. The Morgan fingerprint density at radius 3 is 2.62 bits per heavy atom. The molecular weight excluding hydrogens is 290 g/mol. The Hall–Kier alpha value is -2.64. The van der Waals surface area contributed by atoms with Crippen molar-refractivity contribution in [2.24, 2.45) is 0 Å². The molecule has 2 aromatic heterocycles. The molecule has 0 bridgehead atoms. The van der Waals surface area contributed by atoms with Crippen LogP contribution in [0.3, 0.4) is 0 Å². The van der Waals surface area contributed by atoms with Crippen LogP contribution in [0.15, 0.2) is 41.3 Å². The summed E-state index contributed by atoms with van der Waals surface area (Å²) in [6, 6.07) is 5.08. The second kappa shape index (κ2) is 4.72. The standard InChI is InChI=1S/C13H7F4N3O/c14-8-3-1-2-7(4-8)11-10(9-5-18-6-19-9)12(21-20-11)13(15,16)17/h1-6H,(H,18,19). The molecule has 2 heterocycles. The molecule has 0 amide bonds. The van der Waals surface area contributed by atoms with Gasteiger partial charge >= 0.3 is 6.18 Å². The third-order valence-corrected chi connectivity index (χ3v) is 2.80. The molecule has 21 heavy (non-hydrogen) atoms. The van der Waals surface area contributed by atoms with Gasteiger partial charge in [0.1, 0.15) is 11.5 Å². The molecule has 0 saturated carbocycles. The van der Waals surface area contributed by atoms with Crippen LogP contribution in [0.4, 0.5) is 17.6 Å². The van der Waals surface area contributed by atoms with E-state index in [9.17, 15) is 17.6 Å². The van der Waals surface area contributed by atoms with Crippen LogP contribution in [0.5, 0.6) is 0 Å². The zero-order chi connectivity index (χ0) is 15.0. The van der Waals surface area contributed by atoms with Crippen molar-refractivity contribution in [2.45, 2.75) is 6.18 Å². The van der Waals surface area contributed by atoms with Crippen molar-refractivity contribution in [1.82, 2.24) is 15.1 Å². The Morgan fingerprint density at radius 2 is 2.00 bits per heavy atom. The van der Waals surface area contributed by atoms with Gasteiger partial charge in [-0.1, -0.05) is 17.3 Å². The Morgan fingerprint density at radius 1 is 1.19 bits per heavy atom. The normalized spacial score (nSPS) is 11.8. The fourth-order valence-electron chi connectivity index (χ4n) is 1.95. The number of H-pyrrole nitrogens is 1. The van der Waals surface area contributed by atoms with Crippen LogP contribution >= 0.6 is 0 Å². The maximum absolute atomic E-state index is 13.3. The lowest BCUT2D eigenvalue weighted by molar-refractivity contribution is -0.154. The largest absolute Gasteiger partial charge is 0.453 e. The summed E-state index contributed by atoms with van der Waals surface area (Å²) in [5, 5.41) is 3.43. The SMILES string of the molecule is Fc1cccc(-c2noc(C(F)(F)F)c2-c2c[nH]cn2)c1. The number of nitrogens with one attached hydrogen (secondary N) is 1. The number of halogens is 4. The highest BCUT2D eigenvalue weighted by Gasteiger charge is 2.41. The van der Waals surface area contributed by atoms with Crippen molar-refractivity contribution >= 4 is 0 Å². The lowest BCUT2D eigenvalue weighted by atomic mass is 10.0. The van der Waals surface area contributed by atoms with E-state index in [1.54, 1.807) is 0 Å². The van der Waals surface area contributed by atoms with Crippen molar-refractivity contribution in [1.29, 1.82) is 0 Å². The van der Waals surface area contributed by atoms with Crippen molar-refractivity contribution in [2.75, 3.05) is 0 Å². The number of hydrogen-bond acceptors (Lipinski definition) is 3. The van der Waals surface area contributed by atoms with Gasteiger partial charge in [-0.15, -0.1) is 0 Å². The van der Waals surface area contributed by atoms with E-state index in [4.69, 9.17) is 0 Å². The van der Waals surface area contributed by atoms with Crippen molar-refractivity contribution < 1.29 is 22.1 Å². The van der Waals surface area contributed by atoms with E-state index in [1.165, 1.54) is 30.7 Å². The summed E-state index contributed by atoms with van der Waals surface area (Å²) in [4.78, 5) is 6.36. The van der Waals surface area contributed by atoms with E-state index in [0.29, 0.717) is 0 Å². The van der Waals surface area contributed by atoms with E-state index < -0.39 is 17.8 Å². The summed E-state index contributed by atoms with van der Waals surface area (Å²) in [6.45, 7) is 0. The Labute approximate surface area is 115 Å². The third-order valence-electron chi connectivity index (χ3n) is 2.80. The Bertz CT molecular complexity index is 762. The molecule has 4 nitrogen and oxygen atoms in total. The predicted molar refractivity (Wildman–Crippen MR) is 64.5 cm³/mol. The topological polar surface area (TPSA) is 54.7 Å². The monoisotopic (exact) mass is 297 g/mol. The van der Waals surface area contributed by atoms with Crippen LogP contribution in [0, 0.1) is 5.82 Å². The molecule has 0 saturated heterocycles. The van der Waals surface area contributed by atoms with Gasteiger partial charge in [-0.25, -0.2) is 9.37 Å². The number of imidazole rings is 1. The third kappa shape index (κ3) is 2.39. The van der Waals surface area contributed by atoms with Crippen LogP contribution in [-0.2, 0) is 6.18 Å². The van der Waals surface area contributed by atoms with Gasteiger partial charge < -0.3 is 9.51 Å². The summed E-state index contributed by atoms with van der Waals surface area (Å²) in [7, 11) is 0. The predicted octanol–water partition coefficient (Wildman–Crippen LogP) is 3.89. The van der Waals surface area contributed by atoms with E-state index in [2.05, 4.69) is 19.6 Å². The first-order valence-electron chi connectivity index (χ1n) is 5.79. The molecule has 1 aromatic carbocycles. The van der Waals surface area contributed by atoms with E-state index in [1.807, 2.05) is 0 Å². The maximum atomic E-state index is 13.3. The van der Waals surface area contributed by atoms with Crippen LogP contribution in [0.1, 0.15) is 5.76 Å². The molecule has 3 aromatic rings. The second-order valence-electron chi connectivity index (χ2n) is 4.20. The molecule has 0 aliphatic carbocycles. The Balaban J connectivity index is 2.25. The summed E-state index contributed by atoms with van der Waals surface area (Å²) in [5.41, 5.74) is -0.252. The fourth-order valence-corrected chi connectivity index (χ4v) is 1.95. The van der Waals surface area contributed by atoms with Gasteiger partial charge in [0, 0.05) is 11.8 Å². The zero-order valence-electron chi connectivity index (χ0n) is 10.3. The molecule has 0 radical (unpaired) electrons. The number of hydrogen-bond donors (Lipinski definition) is 1. The number of alkyl halides is 3. The van der Waals surface area contributed by atoms with Crippen molar-refractivity contribution in [3.63, 3.8) is 0 Å². The molecule has 108 valence electrons. The van der Waals surface area contributed by atoms with Gasteiger partial charge in [0.2, 0.25) is 5.76 Å². The highest BCUT2D eigenvalue weighted by atomic mass is 19.4. The molecule has 0 fully saturated rings. The van der Waals surface area contributed by atoms with Crippen LogP contribution in [0.25, 0.3) is 22.5 Å². The summed E-state index contributed by atoms with van der Waals surface area (Å²) in [5.74, 6) is -1.86. The highest BCUT2D eigenvalue weighted by Crippen LogP contribution is 2.41. The van der Waals surface area contributed by atoms with Gasteiger partial charge in [-0.3, -0.25) is 0 Å². The van der Waals surface area contributed by atoms with Crippen molar-refractivity contribution in [3.05, 3.63) is 48.4 Å². The van der Waals surface area contributed by atoms with E-state index in [0.717, 1.165) is 6.07 Å². The van der Waals surface area contributed by atoms with Crippen LogP contribution in [0.2, 0.25) is 0 Å². The molecule has 0 aliphatic rings. The zero-order valence-corrected chi connectivity index (χ0v) is 10.3. The minimum absolute atomic E-state index is 0.0165. The molecule has 3 rings (SSSR count). The number of benzene rings is 1. The quantitative estimate of drug-likeness (QED) is 0.730. The molecule has 1 N–H and O–H groups in total. The first kappa shape index (κ1) is 13.3. The van der Waals surface area contributed by atoms with Gasteiger partial charge in [0.05, 0.1) is 17.6 Å². The molecule has 8 heteroatoms. The highest BCUT2D eigenvalue weighted by molar-refractivity contribution is 5.80. The van der Waals surface area contributed by atoms with Gasteiger partial charge in [-0.2, -0.15) is 13.2 Å². The van der Waals surface area contributed by atoms with Crippen LogP contribution in [-0.4, -0.2) is 15.1 Å². The summed E-state index contributed by atoms with van der Waals surface area (Å²) in [6.07, 6.45) is -2.21. The lowest BCUT2D eigenvalue weighted by Crippen LogP contribution is -2.05. The molecule has 0 spiro atoms. The van der Waals surface area contributed by atoms with Crippen molar-refractivity contribution in [3.8, 4) is 22.5 Å². The average molecular weight is 297 g/mol. The number of aromatic nitrogens is 3. The lowest BCUT2D eigenvalue weighted by Gasteiger charge is -2.04. The molecular formula is C13H7F4N3O. The maximum Gasteiger partial charge on any atom is 0.453 e. The molecule has 0 unspecified atom stereocenters. The number of nitrogens with zero attached hydrogens (tertiary/aromatic N) is 2. The minimum atomic E-state index is -4.73. The van der Waals surface area contributed by atoms with E-state index in [-0.39, 0.29) is 22.5 Å². The summed E-state index contributed by atoms with van der Waals surface area (Å²) >= 11 is 0. The first-order chi connectivity index (χ1) is 9.97. The molecule has 0 atom stereocenters. The first-order valence-corrected chi connectivity index (χ1v) is 5.79. The number of rotatable bonds is 2. The Kier molecular flexibility index (Phi) is 3.00. The second-order valence-corrected chi connectivity index (χ2v) is 4.20. The smallest absolute Gasteiger partial charge is 0.351 e. The van der Waals surface area contributed by atoms with Gasteiger partial charge in [0.15, 0.2) is 0 Å². The van der Waals surface area contributed by atoms with Gasteiger partial charge in [0.25, 0.3) is 0 Å². The van der Waals surface area contributed by atoms with Crippen LogP contribution < -0.4 is 0 Å².